The van der Waals surface area contributed by atoms with Crippen molar-refractivity contribution in [2.24, 2.45) is 5.14 Å². The predicted octanol–water partition coefficient (Wildman–Crippen LogP) is 2.83. The monoisotopic (exact) mass is 507 g/mol. The number of nitrogens with two attached hydrogens (primary N) is 1. The zero-order valence-electron chi connectivity index (χ0n) is 18.4. The highest BCUT2D eigenvalue weighted by Gasteiger charge is 2.26. The highest BCUT2D eigenvalue weighted by molar-refractivity contribution is 7.84. The molecule has 2 aromatic carbocycles. The van der Waals surface area contributed by atoms with Crippen LogP contribution in [-0.2, 0) is 10.3 Å². The molecule has 2 heterocycles. The van der Waals surface area contributed by atoms with Crippen LogP contribution in [0.15, 0.2) is 61.1 Å². The lowest BCUT2D eigenvalue weighted by molar-refractivity contribution is 0.181. The van der Waals surface area contributed by atoms with Gasteiger partial charge >= 0.3 is 16.3 Å². The van der Waals surface area contributed by atoms with Crippen LogP contribution in [0.2, 0.25) is 0 Å². The molecule has 0 saturated carbocycles. The Morgan fingerprint density at radius 3 is 2.50 bits per heavy atom. The Morgan fingerprint density at radius 2 is 1.85 bits per heavy atom. The molecular weight excluding hydrogens is 482 g/mol. The van der Waals surface area contributed by atoms with Gasteiger partial charge in [0.25, 0.3) is 0 Å². The van der Waals surface area contributed by atoms with E-state index in [-0.39, 0.29) is 36.0 Å². The normalized spacial score (nSPS) is 14.4. The van der Waals surface area contributed by atoms with Gasteiger partial charge in [0.15, 0.2) is 0 Å². The quantitative estimate of drug-likeness (QED) is 0.542. The topological polar surface area (TPSA) is 131 Å². The fourth-order valence-corrected chi connectivity index (χ4v) is 4.30. The number of amides is 1. The average Bonchev–Trinajstić information content (AvgIpc) is 3.28. The summed E-state index contributed by atoms with van der Waals surface area (Å²) in [5, 5.41) is 14.4. The molecule has 12 heteroatoms. The lowest BCUT2D eigenvalue weighted by Crippen LogP contribution is -2.46. The van der Waals surface area contributed by atoms with Crippen LogP contribution in [0.5, 0.6) is 11.5 Å². The first-order chi connectivity index (χ1) is 15.7. The van der Waals surface area contributed by atoms with Crippen LogP contribution in [0, 0.1) is 0 Å². The second-order valence-corrected chi connectivity index (χ2v) is 9.05. The standard InChI is InChI=1S/C22H25N5O5S.ClH/c1-25(17-9-11-26(12-10-17)18-5-7-19(28)8-6-18)22(29)27-14-21(24-15-27)16-3-2-4-20(13-16)32-33(23,30)31;/h2-8,13-15,17,28H,9-12H2,1H3,(H2,23,30,31);1H. The van der Waals surface area contributed by atoms with E-state index in [9.17, 15) is 18.3 Å². The lowest BCUT2D eigenvalue weighted by Gasteiger charge is -2.37. The van der Waals surface area contributed by atoms with E-state index in [2.05, 4.69) is 9.88 Å². The molecule has 1 aromatic heterocycles. The van der Waals surface area contributed by atoms with E-state index >= 15 is 0 Å². The van der Waals surface area contributed by atoms with Crippen molar-refractivity contribution in [3.63, 3.8) is 0 Å². The molecular formula is C22H26ClN5O5S. The summed E-state index contributed by atoms with van der Waals surface area (Å²) in [4.78, 5) is 21.3. The number of imidazole rings is 1. The third-order valence-corrected chi connectivity index (χ3v) is 6.10. The minimum absolute atomic E-state index is 0. The minimum Gasteiger partial charge on any atom is -0.508 e. The van der Waals surface area contributed by atoms with Crippen LogP contribution in [0.4, 0.5) is 10.5 Å². The number of benzene rings is 2. The number of piperidine rings is 1. The van der Waals surface area contributed by atoms with Crippen molar-refractivity contribution >= 4 is 34.4 Å². The second kappa shape index (κ2) is 10.3. The Hall–Kier alpha value is -3.28. The van der Waals surface area contributed by atoms with Gasteiger partial charge in [-0.1, -0.05) is 12.1 Å². The number of phenolic OH excluding ortho intramolecular Hbond substituents is 1. The van der Waals surface area contributed by atoms with E-state index in [4.69, 9.17) is 9.32 Å². The number of halogens is 1. The zero-order valence-corrected chi connectivity index (χ0v) is 20.1. The summed E-state index contributed by atoms with van der Waals surface area (Å²) >= 11 is 0. The molecule has 3 N–H and O–H groups in total. The highest BCUT2D eigenvalue weighted by atomic mass is 35.5. The van der Waals surface area contributed by atoms with Crippen molar-refractivity contribution in [3.8, 4) is 22.8 Å². The van der Waals surface area contributed by atoms with Gasteiger partial charge in [-0.3, -0.25) is 4.57 Å². The Bertz CT molecular complexity index is 1240. The number of carbonyl (C=O) groups excluding carboxylic acids is 1. The molecule has 1 aliphatic heterocycles. The highest BCUT2D eigenvalue weighted by Crippen LogP contribution is 2.26. The molecule has 0 spiro atoms. The molecule has 1 aliphatic rings. The fraction of sp³-hybridized carbons (Fsp3) is 0.273. The van der Waals surface area contributed by atoms with Crippen LogP contribution in [0.1, 0.15) is 12.8 Å². The molecule has 0 aliphatic carbocycles. The van der Waals surface area contributed by atoms with E-state index < -0.39 is 10.3 Å². The first kappa shape index (κ1) is 25.3. The number of rotatable bonds is 5. The molecule has 0 unspecified atom stereocenters. The van der Waals surface area contributed by atoms with Gasteiger partial charge in [0.2, 0.25) is 0 Å². The first-order valence-corrected chi connectivity index (χ1v) is 11.8. The molecule has 1 amide bonds. The zero-order chi connectivity index (χ0) is 23.6. The predicted molar refractivity (Wildman–Crippen MR) is 131 cm³/mol. The number of anilines is 1. The summed E-state index contributed by atoms with van der Waals surface area (Å²) in [6, 6.07) is 13.3. The SMILES string of the molecule is CN(C(=O)n1cnc(-c2cccc(OS(N)(=O)=O)c2)c1)C1CCN(c2ccc(O)cc2)CC1.Cl. The van der Waals surface area contributed by atoms with Gasteiger partial charge in [-0.15, -0.1) is 12.4 Å². The molecule has 34 heavy (non-hydrogen) atoms. The Kier molecular flexibility index (Phi) is 7.70. The van der Waals surface area contributed by atoms with Crippen molar-refractivity contribution in [2.45, 2.75) is 18.9 Å². The number of aromatic nitrogens is 2. The number of hydrogen-bond donors (Lipinski definition) is 2. The third kappa shape index (κ3) is 5.99. The van der Waals surface area contributed by atoms with Crippen LogP contribution >= 0.6 is 12.4 Å². The molecule has 1 saturated heterocycles. The van der Waals surface area contributed by atoms with Crippen LogP contribution < -0.4 is 14.2 Å². The number of carbonyl (C=O) groups is 1. The molecule has 10 nitrogen and oxygen atoms in total. The molecule has 0 atom stereocenters. The fourth-order valence-electron chi connectivity index (χ4n) is 3.93. The van der Waals surface area contributed by atoms with Gasteiger partial charge in [0, 0.05) is 43.6 Å². The number of aromatic hydroxyl groups is 1. The van der Waals surface area contributed by atoms with Crippen molar-refractivity contribution in [1.29, 1.82) is 0 Å². The smallest absolute Gasteiger partial charge is 0.380 e. The van der Waals surface area contributed by atoms with Gasteiger partial charge in [0.1, 0.15) is 17.8 Å². The summed E-state index contributed by atoms with van der Waals surface area (Å²) in [5.74, 6) is 0.302. The molecule has 182 valence electrons. The van der Waals surface area contributed by atoms with Gasteiger partial charge in [-0.25, -0.2) is 9.78 Å². The Morgan fingerprint density at radius 1 is 1.18 bits per heavy atom. The first-order valence-electron chi connectivity index (χ1n) is 10.4. The third-order valence-electron chi connectivity index (χ3n) is 5.67. The van der Waals surface area contributed by atoms with E-state index in [0.717, 1.165) is 31.6 Å². The molecule has 4 rings (SSSR count). The summed E-state index contributed by atoms with van der Waals surface area (Å²) in [6.07, 6.45) is 4.67. The second-order valence-electron chi connectivity index (χ2n) is 7.90. The van der Waals surface area contributed by atoms with Crippen LogP contribution in [-0.4, -0.2) is 60.2 Å². The van der Waals surface area contributed by atoms with Crippen molar-refractivity contribution < 1.29 is 22.5 Å². The van der Waals surface area contributed by atoms with E-state index in [1.54, 1.807) is 42.4 Å². The number of hydrogen-bond acceptors (Lipinski definition) is 7. The number of phenols is 1. The summed E-state index contributed by atoms with van der Waals surface area (Å²) < 4.78 is 28.4. The van der Waals surface area contributed by atoms with Gasteiger partial charge < -0.3 is 19.1 Å². The van der Waals surface area contributed by atoms with E-state index in [1.165, 1.54) is 23.0 Å². The largest absolute Gasteiger partial charge is 0.508 e. The Balaban J connectivity index is 0.00000324. The van der Waals surface area contributed by atoms with Crippen LogP contribution in [0.25, 0.3) is 11.3 Å². The Labute approximate surface area is 204 Å². The van der Waals surface area contributed by atoms with Crippen molar-refractivity contribution in [3.05, 3.63) is 61.1 Å². The van der Waals surface area contributed by atoms with Crippen molar-refractivity contribution in [1.82, 2.24) is 14.5 Å². The molecule has 1 fully saturated rings. The van der Waals surface area contributed by atoms with E-state index in [0.29, 0.717) is 11.3 Å². The number of nitrogens with zero attached hydrogens (tertiary/aromatic N) is 4. The lowest BCUT2D eigenvalue weighted by atomic mass is 10.0. The maximum absolute atomic E-state index is 13.0. The van der Waals surface area contributed by atoms with Gasteiger partial charge in [0.05, 0.1) is 5.69 Å². The summed E-state index contributed by atoms with van der Waals surface area (Å²) in [5.41, 5.74) is 2.14. The molecule has 3 aromatic rings. The minimum atomic E-state index is -4.13. The van der Waals surface area contributed by atoms with Crippen LogP contribution in [0.3, 0.4) is 0 Å². The van der Waals surface area contributed by atoms with Gasteiger partial charge in [-0.05, 0) is 49.2 Å². The van der Waals surface area contributed by atoms with Gasteiger partial charge in [-0.2, -0.15) is 13.6 Å². The maximum Gasteiger partial charge on any atom is 0.380 e. The van der Waals surface area contributed by atoms with E-state index in [1.807, 2.05) is 12.1 Å². The molecule has 0 radical (unpaired) electrons. The summed E-state index contributed by atoms with van der Waals surface area (Å²) in [6.45, 7) is 1.61. The summed E-state index contributed by atoms with van der Waals surface area (Å²) in [7, 11) is -2.35. The average molecular weight is 508 g/mol. The molecule has 0 bridgehead atoms. The maximum atomic E-state index is 13.0. The van der Waals surface area contributed by atoms with Crippen molar-refractivity contribution in [2.75, 3.05) is 25.0 Å².